The van der Waals surface area contributed by atoms with Crippen molar-refractivity contribution >= 4 is 23.3 Å². The molecule has 2 N–H and O–H groups in total. The monoisotopic (exact) mass is 274 g/mol. The second kappa shape index (κ2) is 6.46. The Bertz CT molecular complexity index is 583. The zero-order chi connectivity index (χ0) is 14.6. The van der Waals surface area contributed by atoms with Gasteiger partial charge in [-0.15, -0.1) is 0 Å². The van der Waals surface area contributed by atoms with Crippen LogP contribution in [0.5, 0.6) is 0 Å². The number of nitriles is 1. The first-order chi connectivity index (χ1) is 8.92. The maximum Gasteiger partial charge on any atom is 0.114 e. The van der Waals surface area contributed by atoms with Crippen LogP contribution in [0.25, 0.3) is 6.08 Å². The predicted molar refractivity (Wildman–Crippen MR) is 81.7 cm³/mol. The van der Waals surface area contributed by atoms with Gasteiger partial charge in [0, 0.05) is 7.11 Å². The van der Waals surface area contributed by atoms with E-state index in [0.717, 1.165) is 22.3 Å². The lowest BCUT2D eigenvalue weighted by Gasteiger charge is -2.15. The topological polar surface area (TPSA) is 59.0 Å². The van der Waals surface area contributed by atoms with Crippen molar-refractivity contribution in [2.24, 2.45) is 5.73 Å². The van der Waals surface area contributed by atoms with Gasteiger partial charge in [-0.2, -0.15) is 5.26 Å². The molecule has 0 atom stereocenters. The molecule has 0 saturated heterocycles. The maximum atomic E-state index is 9.06. The molecule has 0 spiro atoms. The van der Waals surface area contributed by atoms with E-state index in [2.05, 4.69) is 13.0 Å². The Morgan fingerprint density at radius 3 is 2.53 bits per heavy atom. The molecule has 0 heterocycles. The van der Waals surface area contributed by atoms with Crippen molar-refractivity contribution in [1.82, 2.24) is 0 Å². The van der Waals surface area contributed by atoms with Crippen molar-refractivity contribution < 1.29 is 4.74 Å². The Hall–Kier alpha value is -1.70. The average Bonchev–Trinajstić information content (AvgIpc) is 2.34. The molecule has 0 aliphatic rings. The Kier molecular flexibility index (Phi) is 5.22. The number of nitrogens with two attached hydrogens (primary N) is 1. The minimum atomic E-state index is 0.121. The first kappa shape index (κ1) is 15.4. The summed E-state index contributed by atoms with van der Waals surface area (Å²) < 4.78 is 5.23. The van der Waals surface area contributed by atoms with Gasteiger partial charge in [0.05, 0.1) is 12.2 Å². The van der Waals surface area contributed by atoms with Gasteiger partial charge in [0.15, 0.2) is 0 Å². The molecule has 4 heteroatoms. The zero-order valence-corrected chi connectivity index (χ0v) is 12.5. The minimum absolute atomic E-state index is 0.121. The van der Waals surface area contributed by atoms with E-state index < -0.39 is 0 Å². The number of ether oxygens (including phenoxy) is 1. The lowest BCUT2D eigenvalue weighted by atomic mass is 9.92. The molecule has 3 nitrogen and oxygen atoms in total. The molecule has 0 bridgehead atoms. The fraction of sp³-hybridized carbons (Fsp3) is 0.333. The molecule has 1 rings (SSSR count). The predicted octanol–water partition coefficient (Wildman–Crippen LogP) is 2.95. The number of hydrogen-bond donors (Lipinski definition) is 1. The summed E-state index contributed by atoms with van der Waals surface area (Å²) in [6.45, 7) is 6.64. The second-order valence-electron chi connectivity index (χ2n) is 4.49. The summed E-state index contributed by atoms with van der Waals surface area (Å²) in [7, 11) is 1.67. The number of aryl methyl sites for hydroxylation is 2. The quantitative estimate of drug-likeness (QED) is 0.521. The van der Waals surface area contributed by atoms with Crippen molar-refractivity contribution in [2.75, 3.05) is 7.11 Å². The first-order valence-corrected chi connectivity index (χ1v) is 6.33. The molecule has 0 saturated carbocycles. The van der Waals surface area contributed by atoms with E-state index in [0.29, 0.717) is 12.2 Å². The van der Waals surface area contributed by atoms with Crippen LogP contribution in [0.3, 0.4) is 0 Å². The fourth-order valence-corrected chi connectivity index (χ4v) is 2.24. The minimum Gasteiger partial charge on any atom is -0.389 e. The third-order valence-corrected chi connectivity index (χ3v) is 3.37. The number of nitrogens with zero attached hydrogens (tertiary/aromatic N) is 1. The van der Waals surface area contributed by atoms with Crippen LogP contribution >= 0.6 is 12.2 Å². The molecule has 1 aromatic rings. The molecule has 19 heavy (non-hydrogen) atoms. The van der Waals surface area contributed by atoms with E-state index in [1.54, 1.807) is 13.2 Å². The van der Waals surface area contributed by atoms with Crippen LogP contribution in [0.15, 0.2) is 11.6 Å². The molecule has 0 aliphatic heterocycles. The van der Waals surface area contributed by atoms with Gasteiger partial charge < -0.3 is 10.5 Å². The van der Waals surface area contributed by atoms with Gasteiger partial charge in [0.2, 0.25) is 0 Å². The molecule has 1 aromatic carbocycles. The summed E-state index contributed by atoms with van der Waals surface area (Å²) in [5, 5.41) is 9.06. The zero-order valence-electron chi connectivity index (χ0n) is 11.7. The fourth-order valence-electron chi connectivity index (χ4n) is 2.14. The van der Waals surface area contributed by atoms with Gasteiger partial charge in [0.25, 0.3) is 0 Å². The van der Waals surface area contributed by atoms with Crippen LogP contribution in [0, 0.1) is 32.1 Å². The highest BCUT2D eigenvalue weighted by atomic mass is 32.1. The van der Waals surface area contributed by atoms with Crippen molar-refractivity contribution in [1.29, 1.82) is 5.26 Å². The number of rotatable bonds is 4. The molecule has 0 fully saturated rings. The normalized spacial score (nSPS) is 11.2. The van der Waals surface area contributed by atoms with Crippen molar-refractivity contribution in [3.05, 3.63) is 39.5 Å². The summed E-state index contributed by atoms with van der Waals surface area (Å²) >= 11 is 4.87. The van der Waals surface area contributed by atoms with E-state index >= 15 is 0 Å². The van der Waals surface area contributed by atoms with E-state index in [-0.39, 0.29) is 4.99 Å². The van der Waals surface area contributed by atoms with Gasteiger partial charge in [-0.3, -0.25) is 0 Å². The smallest absolute Gasteiger partial charge is 0.114 e. The average molecular weight is 274 g/mol. The molecular formula is C15H18N2OS. The lowest BCUT2D eigenvalue weighted by Crippen LogP contribution is -2.10. The lowest BCUT2D eigenvalue weighted by molar-refractivity contribution is 0.184. The van der Waals surface area contributed by atoms with Crippen LogP contribution in [-0.4, -0.2) is 12.1 Å². The van der Waals surface area contributed by atoms with E-state index in [4.69, 9.17) is 28.0 Å². The van der Waals surface area contributed by atoms with Crippen LogP contribution in [-0.2, 0) is 11.3 Å². The third-order valence-electron chi connectivity index (χ3n) is 3.15. The highest BCUT2D eigenvalue weighted by molar-refractivity contribution is 7.80. The molecule has 0 amide bonds. The Morgan fingerprint density at radius 2 is 2.05 bits per heavy atom. The molecular weight excluding hydrogens is 256 g/mol. The first-order valence-electron chi connectivity index (χ1n) is 5.92. The number of methoxy groups -OCH3 is 1. The maximum absolute atomic E-state index is 9.06. The molecule has 100 valence electrons. The van der Waals surface area contributed by atoms with Crippen LogP contribution in [0.2, 0.25) is 0 Å². The number of benzene rings is 1. The molecule has 0 unspecified atom stereocenters. The van der Waals surface area contributed by atoms with Gasteiger partial charge >= 0.3 is 0 Å². The summed E-state index contributed by atoms with van der Waals surface area (Å²) in [5.41, 5.74) is 11.4. The summed E-state index contributed by atoms with van der Waals surface area (Å²) in [4.78, 5) is 0.121. The Balaban J connectivity index is 3.48. The van der Waals surface area contributed by atoms with E-state index in [9.17, 15) is 0 Å². The summed E-state index contributed by atoms with van der Waals surface area (Å²) in [5.74, 6) is 0. The summed E-state index contributed by atoms with van der Waals surface area (Å²) in [6.07, 6.45) is 1.76. The number of thiocarbonyl (C=S) groups is 1. The highest BCUT2D eigenvalue weighted by Crippen LogP contribution is 2.25. The van der Waals surface area contributed by atoms with Crippen LogP contribution in [0.4, 0.5) is 0 Å². The van der Waals surface area contributed by atoms with Crippen LogP contribution in [0.1, 0.15) is 27.8 Å². The molecule has 0 aromatic heterocycles. The standard InChI is InChI=1S/C15H18N2OS/c1-9-5-10(2)14(8-18-4)11(3)13(9)6-12(7-16)15(17)19/h5-6H,8H2,1-4H3,(H2,17,19). The van der Waals surface area contributed by atoms with Crippen molar-refractivity contribution in [3.63, 3.8) is 0 Å². The summed E-state index contributed by atoms with van der Waals surface area (Å²) in [6, 6.07) is 4.12. The van der Waals surface area contributed by atoms with Crippen molar-refractivity contribution in [2.45, 2.75) is 27.4 Å². The Labute approximate surface area is 119 Å². The van der Waals surface area contributed by atoms with Crippen molar-refractivity contribution in [3.8, 4) is 6.07 Å². The van der Waals surface area contributed by atoms with E-state index in [1.807, 2.05) is 19.9 Å². The Morgan fingerprint density at radius 1 is 1.42 bits per heavy atom. The van der Waals surface area contributed by atoms with Gasteiger partial charge in [-0.05, 0) is 54.7 Å². The van der Waals surface area contributed by atoms with Gasteiger partial charge in [-0.1, -0.05) is 18.3 Å². The largest absolute Gasteiger partial charge is 0.389 e. The number of hydrogen-bond acceptors (Lipinski definition) is 3. The van der Waals surface area contributed by atoms with E-state index in [1.165, 1.54) is 5.56 Å². The SMILES string of the molecule is COCc1c(C)cc(C)c(C=C(C#N)C(N)=S)c1C. The second-order valence-corrected chi connectivity index (χ2v) is 4.93. The van der Waals surface area contributed by atoms with Gasteiger partial charge in [-0.25, -0.2) is 0 Å². The third kappa shape index (κ3) is 3.40. The highest BCUT2D eigenvalue weighted by Gasteiger charge is 2.11. The molecule has 0 aliphatic carbocycles. The van der Waals surface area contributed by atoms with Crippen LogP contribution < -0.4 is 5.73 Å². The van der Waals surface area contributed by atoms with Gasteiger partial charge in [0.1, 0.15) is 11.1 Å². The molecule has 0 radical (unpaired) electrons.